The van der Waals surface area contributed by atoms with Crippen LogP contribution >= 0.6 is 0 Å². The van der Waals surface area contributed by atoms with Gasteiger partial charge in [-0.3, -0.25) is 4.79 Å². The molecule has 1 unspecified atom stereocenters. The van der Waals surface area contributed by atoms with E-state index < -0.39 is 5.54 Å². The number of carbonyl (C=O) groups is 1. The Morgan fingerprint density at radius 1 is 1.30 bits per heavy atom. The number of nitrogens with two attached hydrogens (primary N) is 1. The summed E-state index contributed by atoms with van der Waals surface area (Å²) in [7, 11) is 0. The predicted octanol–water partition coefficient (Wildman–Crippen LogP) is 2.75. The van der Waals surface area contributed by atoms with Gasteiger partial charge in [0.15, 0.2) is 0 Å². The van der Waals surface area contributed by atoms with Crippen LogP contribution in [-0.2, 0) is 22.4 Å². The van der Waals surface area contributed by atoms with Crippen LogP contribution in [0.15, 0.2) is 18.2 Å². The topological polar surface area (TPSA) is 52.3 Å². The maximum Gasteiger partial charge on any atom is 0.326 e. The second-order valence-electron chi connectivity index (χ2n) is 5.62. The van der Waals surface area contributed by atoms with Crippen LogP contribution in [0.25, 0.3) is 0 Å². The molecule has 1 aromatic carbocycles. The third-order valence-electron chi connectivity index (χ3n) is 3.82. The molecule has 0 fully saturated rings. The largest absolute Gasteiger partial charge is 0.464 e. The molecule has 1 aliphatic carbocycles. The van der Waals surface area contributed by atoms with Crippen molar-refractivity contribution >= 4 is 5.97 Å². The molecule has 1 aromatic rings. The van der Waals surface area contributed by atoms with Gasteiger partial charge in [-0.1, -0.05) is 32.3 Å². The summed E-state index contributed by atoms with van der Waals surface area (Å²) in [6, 6.07) is 4.56. The maximum absolute atomic E-state index is 13.2. The second kappa shape index (κ2) is 6.35. The van der Waals surface area contributed by atoms with Gasteiger partial charge in [-0.15, -0.1) is 0 Å². The highest BCUT2D eigenvalue weighted by atomic mass is 19.1. The smallest absolute Gasteiger partial charge is 0.326 e. The van der Waals surface area contributed by atoms with Gasteiger partial charge < -0.3 is 10.5 Å². The minimum atomic E-state index is -1.03. The third-order valence-corrected chi connectivity index (χ3v) is 3.82. The van der Waals surface area contributed by atoms with Crippen molar-refractivity contribution in [3.8, 4) is 0 Å². The van der Waals surface area contributed by atoms with E-state index in [1.54, 1.807) is 6.07 Å². The van der Waals surface area contributed by atoms with Crippen LogP contribution in [0, 0.1) is 5.82 Å². The number of hydrogen-bond acceptors (Lipinski definition) is 3. The number of esters is 1. The van der Waals surface area contributed by atoms with Gasteiger partial charge in [0.2, 0.25) is 0 Å². The number of hydrogen-bond donors (Lipinski definition) is 1. The Kier molecular flexibility index (Phi) is 4.76. The molecule has 0 heterocycles. The molecule has 0 saturated carbocycles. The van der Waals surface area contributed by atoms with E-state index in [2.05, 4.69) is 6.92 Å². The van der Waals surface area contributed by atoms with Crippen LogP contribution in [0.2, 0.25) is 0 Å². The van der Waals surface area contributed by atoms with Gasteiger partial charge in [-0.25, -0.2) is 4.39 Å². The fourth-order valence-corrected chi connectivity index (χ4v) is 2.66. The molecule has 1 atom stereocenters. The molecule has 3 nitrogen and oxygen atoms in total. The summed E-state index contributed by atoms with van der Waals surface area (Å²) >= 11 is 0. The van der Waals surface area contributed by atoms with Gasteiger partial charge in [-0.2, -0.15) is 0 Å². The number of ether oxygens (including phenoxy) is 1. The molecule has 0 aliphatic heterocycles. The van der Waals surface area contributed by atoms with E-state index in [9.17, 15) is 9.18 Å². The van der Waals surface area contributed by atoms with Crippen molar-refractivity contribution in [2.75, 3.05) is 6.61 Å². The van der Waals surface area contributed by atoms with E-state index >= 15 is 0 Å². The first-order chi connectivity index (χ1) is 9.55. The number of carbonyl (C=O) groups excluding carboxylic acids is 1. The molecule has 0 spiro atoms. The summed E-state index contributed by atoms with van der Waals surface area (Å²) in [5.74, 6) is -0.661. The van der Waals surface area contributed by atoms with Crippen LogP contribution in [0.3, 0.4) is 0 Å². The SMILES string of the molecule is CCCCCCOC(=O)C1(N)Cc2ccc(F)cc2C1. The van der Waals surface area contributed by atoms with Gasteiger partial charge in [0.05, 0.1) is 6.61 Å². The van der Waals surface area contributed by atoms with E-state index in [-0.39, 0.29) is 11.8 Å². The first-order valence-electron chi connectivity index (χ1n) is 7.28. The molecule has 20 heavy (non-hydrogen) atoms. The van der Waals surface area contributed by atoms with Crippen LogP contribution in [0.1, 0.15) is 43.7 Å². The van der Waals surface area contributed by atoms with Gasteiger partial charge >= 0.3 is 5.97 Å². The van der Waals surface area contributed by atoms with E-state index in [0.717, 1.165) is 36.8 Å². The molecule has 0 saturated heterocycles. The predicted molar refractivity (Wildman–Crippen MR) is 75.8 cm³/mol. The molecule has 110 valence electrons. The summed E-state index contributed by atoms with van der Waals surface area (Å²) in [4.78, 5) is 12.1. The normalized spacial score (nSPS) is 20.8. The standard InChI is InChI=1S/C16H22FNO2/c1-2-3-4-5-8-20-15(19)16(18)10-12-6-7-14(17)9-13(12)11-16/h6-7,9H,2-5,8,10-11,18H2,1H3. The summed E-state index contributed by atoms with van der Waals surface area (Å²) in [6.07, 6.45) is 5.01. The fourth-order valence-electron chi connectivity index (χ4n) is 2.66. The summed E-state index contributed by atoms with van der Waals surface area (Å²) < 4.78 is 18.5. The molecule has 0 radical (unpaired) electrons. The lowest BCUT2D eigenvalue weighted by molar-refractivity contribution is -0.150. The first kappa shape index (κ1) is 15.0. The lowest BCUT2D eigenvalue weighted by Crippen LogP contribution is -2.50. The fraction of sp³-hybridized carbons (Fsp3) is 0.562. The van der Waals surface area contributed by atoms with Crippen molar-refractivity contribution in [3.05, 3.63) is 35.1 Å². The molecule has 0 amide bonds. The van der Waals surface area contributed by atoms with E-state index in [1.165, 1.54) is 12.1 Å². The number of fused-ring (bicyclic) bond motifs is 1. The lowest BCUT2D eigenvalue weighted by Gasteiger charge is -2.21. The zero-order chi connectivity index (χ0) is 14.6. The number of unbranched alkanes of at least 4 members (excludes halogenated alkanes) is 3. The Labute approximate surface area is 119 Å². The molecular formula is C16H22FNO2. The van der Waals surface area contributed by atoms with Gasteiger partial charge in [0.1, 0.15) is 11.4 Å². The lowest BCUT2D eigenvalue weighted by atomic mass is 9.97. The molecule has 2 rings (SSSR count). The summed E-state index contributed by atoms with van der Waals surface area (Å²) in [6.45, 7) is 2.55. The third kappa shape index (κ3) is 3.37. The van der Waals surface area contributed by atoms with E-state index in [4.69, 9.17) is 10.5 Å². The number of rotatable bonds is 6. The molecule has 0 bridgehead atoms. The molecule has 4 heteroatoms. The quantitative estimate of drug-likeness (QED) is 0.643. The van der Waals surface area contributed by atoms with Crippen LogP contribution in [-0.4, -0.2) is 18.1 Å². The van der Waals surface area contributed by atoms with E-state index in [0.29, 0.717) is 19.4 Å². The highest BCUT2D eigenvalue weighted by molar-refractivity contribution is 5.82. The molecule has 1 aliphatic rings. The monoisotopic (exact) mass is 279 g/mol. The molecular weight excluding hydrogens is 257 g/mol. The van der Waals surface area contributed by atoms with Crippen molar-refractivity contribution < 1.29 is 13.9 Å². The number of halogens is 1. The molecule has 2 N–H and O–H groups in total. The van der Waals surface area contributed by atoms with Crippen LogP contribution < -0.4 is 5.73 Å². The number of benzene rings is 1. The van der Waals surface area contributed by atoms with Crippen molar-refractivity contribution in [1.82, 2.24) is 0 Å². The average molecular weight is 279 g/mol. The first-order valence-corrected chi connectivity index (χ1v) is 7.28. The second-order valence-corrected chi connectivity index (χ2v) is 5.62. The maximum atomic E-state index is 13.2. The van der Waals surface area contributed by atoms with Crippen LogP contribution in [0.4, 0.5) is 4.39 Å². The zero-order valence-corrected chi connectivity index (χ0v) is 12.0. The van der Waals surface area contributed by atoms with Gasteiger partial charge in [0, 0.05) is 12.8 Å². The van der Waals surface area contributed by atoms with Crippen molar-refractivity contribution in [3.63, 3.8) is 0 Å². The highest BCUT2D eigenvalue weighted by Gasteiger charge is 2.41. The Balaban J connectivity index is 1.88. The minimum absolute atomic E-state index is 0.291. The van der Waals surface area contributed by atoms with Crippen LogP contribution in [0.5, 0.6) is 0 Å². The Hall–Kier alpha value is -1.42. The summed E-state index contributed by atoms with van der Waals surface area (Å²) in [5.41, 5.74) is 6.88. The van der Waals surface area contributed by atoms with E-state index in [1.807, 2.05) is 0 Å². The Morgan fingerprint density at radius 2 is 2.05 bits per heavy atom. The van der Waals surface area contributed by atoms with Gasteiger partial charge in [0.25, 0.3) is 0 Å². The Morgan fingerprint density at radius 3 is 2.80 bits per heavy atom. The highest BCUT2D eigenvalue weighted by Crippen LogP contribution is 2.30. The van der Waals surface area contributed by atoms with Crippen molar-refractivity contribution in [2.24, 2.45) is 5.73 Å². The van der Waals surface area contributed by atoms with Gasteiger partial charge in [-0.05, 0) is 29.7 Å². The Bertz CT molecular complexity index is 489. The molecule has 0 aromatic heterocycles. The minimum Gasteiger partial charge on any atom is -0.464 e. The zero-order valence-electron chi connectivity index (χ0n) is 12.0. The van der Waals surface area contributed by atoms with Crippen molar-refractivity contribution in [2.45, 2.75) is 51.0 Å². The van der Waals surface area contributed by atoms with Crippen molar-refractivity contribution in [1.29, 1.82) is 0 Å². The summed E-state index contributed by atoms with van der Waals surface area (Å²) in [5, 5.41) is 0. The average Bonchev–Trinajstić information content (AvgIpc) is 2.75.